The molecule has 0 aromatic heterocycles. The van der Waals surface area contributed by atoms with Crippen LogP contribution in [0.25, 0.3) is 10.8 Å². The first-order valence-corrected chi connectivity index (χ1v) is 9.36. The Balaban J connectivity index is 1.52. The second-order valence-corrected chi connectivity index (χ2v) is 7.12. The monoisotopic (exact) mass is 415 g/mol. The molecule has 0 saturated carbocycles. The average Bonchev–Trinajstić information content (AvgIpc) is 3.33. The lowest BCUT2D eigenvalue weighted by atomic mass is 9.91. The molecule has 2 heterocycles. The van der Waals surface area contributed by atoms with Crippen LogP contribution in [-0.4, -0.2) is 34.3 Å². The first-order valence-electron chi connectivity index (χ1n) is 9.36. The Morgan fingerprint density at radius 3 is 2.55 bits per heavy atom. The molecule has 3 aromatic rings. The van der Waals surface area contributed by atoms with E-state index in [0.29, 0.717) is 10.9 Å². The molecule has 2 atom stereocenters. The van der Waals surface area contributed by atoms with Gasteiger partial charge in [0.1, 0.15) is 11.6 Å². The van der Waals surface area contributed by atoms with Gasteiger partial charge in [-0.1, -0.05) is 53.7 Å². The summed E-state index contributed by atoms with van der Waals surface area (Å²) >= 11 is 0. The van der Waals surface area contributed by atoms with Crippen LogP contribution in [0.1, 0.15) is 10.4 Å². The molecule has 2 amide bonds. The summed E-state index contributed by atoms with van der Waals surface area (Å²) in [7, 11) is 0. The third kappa shape index (κ3) is 2.78. The maximum atomic E-state index is 13.3. The number of nitro benzene ring substituents is 1. The number of carbonyl (C=O) groups is 3. The lowest BCUT2D eigenvalue weighted by Crippen LogP contribution is -2.34. The van der Waals surface area contributed by atoms with E-state index in [1.165, 1.54) is 18.2 Å². The summed E-state index contributed by atoms with van der Waals surface area (Å²) in [5.41, 5.74) is -0.0428. The minimum Gasteiger partial charge on any atom is -0.381 e. The molecule has 9 nitrogen and oxygen atoms in total. The number of hydrogen-bond donors (Lipinski definition) is 0. The predicted molar refractivity (Wildman–Crippen MR) is 110 cm³/mol. The topological polar surface area (TPSA) is 119 Å². The van der Waals surface area contributed by atoms with Crippen LogP contribution >= 0.6 is 0 Å². The van der Waals surface area contributed by atoms with Crippen LogP contribution in [0.3, 0.4) is 0 Å². The van der Waals surface area contributed by atoms with Gasteiger partial charge in [-0.2, -0.15) is 0 Å². The lowest BCUT2D eigenvalue weighted by Gasteiger charge is -2.15. The Kier molecular flexibility index (Phi) is 4.11. The van der Waals surface area contributed by atoms with Crippen molar-refractivity contribution in [2.24, 2.45) is 11.1 Å². The van der Waals surface area contributed by atoms with E-state index in [4.69, 9.17) is 4.84 Å². The van der Waals surface area contributed by atoms with Gasteiger partial charge in [-0.25, -0.2) is 4.90 Å². The molecule has 0 spiro atoms. The number of amides is 2. The number of rotatable bonds is 4. The second-order valence-electron chi connectivity index (χ2n) is 7.12. The molecule has 0 N–H and O–H groups in total. The molecule has 152 valence electrons. The second kappa shape index (κ2) is 6.84. The van der Waals surface area contributed by atoms with Crippen molar-refractivity contribution in [1.29, 1.82) is 0 Å². The molecule has 1 fully saturated rings. The number of benzene rings is 3. The normalized spacial score (nSPS) is 19.9. The van der Waals surface area contributed by atoms with Crippen LogP contribution in [0.15, 0.2) is 71.9 Å². The third-order valence-electron chi connectivity index (χ3n) is 5.38. The highest BCUT2D eigenvalue weighted by Crippen LogP contribution is 2.35. The maximum absolute atomic E-state index is 13.3. The van der Waals surface area contributed by atoms with Crippen molar-refractivity contribution >= 4 is 45.5 Å². The van der Waals surface area contributed by atoms with E-state index in [-0.39, 0.29) is 17.1 Å². The summed E-state index contributed by atoms with van der Waals surface area (Å²) in [6, 6.07) is 17.7. The quantitative estimate of drug-likeness (QED) is 0.280. The zero-order valence-electron chi connectivity index (χ0n) is 15.8. The maximum Gasteiger partial charge on any atom is 0.278 e. The molecule has 9 heteroatoms. The van der Waals surface area contributed by atoms with Gasteiger partial charge in [-0.3, -0.25) is 24.5 Å². The number of imide groups is 1. The zero-order chi connectivity index (χ0) is 21.7. The lowest BCUT2D eigenvalue weighted by molar-refractivity contribution is -0.384. The molecular weight excluding hydrogens is 402 g/mol. The van der Waals surface area contributed by atoms with Crippen molar-refractivity contribution in [2.75, 3.05) is 4.90 Å². The molecule has 0 radical (unpaired) electrons. The van der Waals surface area contributed by atoms with E-state index in [2.05, 4.69) is 5.16 Å². The Bertz CT molecular complexity index is 1330. The van der Waals surface area contributed by atoms with Crippen molar-refractivity contribution < 1.29 is 24.1 Å². The van der Waals surface area contributed by atoms with Crippen molar-refractivity contribution in [1.82, 2.24) is 0 Å². The molecule has 3 aromatic carbocycles. The summed E-state index contributed by atoms with van der Waals surface area (Å²) in [6.07, 6.45) is -1.28. The fourth-order valence-corrected chi connectivity index (χ4v) is 3.93. The van der Waals surface area contributed by atoms with E-state index in [0.717, 1.165) is 16.4 Å². The van der Waals surface area contributed by atoms with Crippen LogP contribution in [0.4, 0.5) is 11.4 Å². The van der Waals surface area contributed by atoms with Crippen molar-refractivity contribution in [3.05, 3.63) is 82.4 Å². The van der Waals surface area contributed by atoms with E-state index in [1.54, 1.807) is 24.3 Å². The van der Waals surface area contributed by atoms with Gasteiger partial charge in [-0.15, -0.1) is 0 Å². The molecule has 2 aliphatic rings. The molecule has 5 rings (SSSR count). The van der Waals surface area contributed by atoms with Crippen LogP contribution in [0.5, 0.6) is 0 Å². The van der Waals surface area contributed by atoms with Crippen LogP contribution < -0.4 is 4.90 Å². The molecule has 1 saturated heterocycles. The highest BCUT2D eigenvalue weighted by atomic mass is 16.7. The number of nitro groups is 1. The van der Waals surface area contributed by atoms with Gasteiger partial charge in [0.15, 0.2) is 0 Å². The highest BCUT2D eigenvalue weighted by molar-refractivity contribution is 6.53. The Morgan fingerprint density at radius 1 is 1.00 bits per heavy atom. The third-order valence-corrected chi connectivity index (χ3v) is 5.38. The minimum atomic E-state index is -1.28. The van der Waals surface area contributed by atoms with E-state index >= 15 is 0 Å². The number of fused-ring (bicyclic) bond motifs is 2. The Morgan fingerprint density at radius 2 is 1.74 bits per heavy atom. The molecule has 2 aliphatic heterocycles. The minimum absolute atomic E-state index is 0.0409. The number of hydrogen-bond acceptors (Lipinski definition) is 7. The summed E-state index contributed by atoms with van der Waals surface area (Å²) in [4.78, 5) is 55.6. The van der Waals surface area contributed by atoms with Crippen LogP contribution in [0, 0.1) is 16.0 Å². The van der Waals surface area contributed by atoms with Crippen molar-refractivity contribution in [3.63, 3.8) is 0 Å². The zero-order valence-corrected chi connectivity index (χ0v) is 15.8. The Hall–Kier alpha value is -4.40. The summed E-state index contributed by atoms with van der Waals surface area (Å²) < 4.78 is 0. The molecule has 0 bridgehead atoms. The molecule has 31 heavy (non-hydrogen) atoms. The molecule has 0 aliphatic carbocycles. The number of non-ortho nitro benzene ring substituents is 1. The largest absolute Gasteiger partial charge is 0.381 e. The van der Waals surface area contributed by atoms with E-state index in [1.807, 2.05) is 18.2 Å². The van der Waals surface area contributed by atoms with E-state index < -0.39 is 34.5 Å². The van der Waals surface area contributed by atoms with Crippen molar-refractivity contribution in [3.8, 4) is 0 Å². The highest BCUT2D eigenvalue weighted by Gasteiger charge is 2.57. The van der Waals surface area contributed by atoms with Crippen molar-refractivity contribution in [2.45, 2.75) is 6.10 Å². The van der Waals surface area contributed by atoms with Gasteiger partial charge < -0.3 is 4.84 Å². The molecule has 0 unspecified atom stereocenters. The summed E-state index contributed by atoms with van der Waals surface area (Å²) in [5.74, 6) is -3.15. The van der Waals surface area contributed by atoms with Gasteiger partial charge >= 0.3 is 0 Å². The number of oxime groups is 1. The fourth-order valence-electron chi connectivity index (χ4n) is 3.93. The smallest absolute Gasteiger partial charge is 0.278 e. The van der Waals surface area contributed by atoms with Gasteiger partial charge in [0.05, 0.1) is 10.6 Å². The first-order chi connectivity index (χ1) is 15.0. The summed E-state index contributed by atoms with van der Waals surface area (Å²) in [5, 5.41) is 16.4. The number of anilines is 1. The number of carbonyl (C=O) groups excluding carboxylic acids is 3. The van der Waals surface area contributed by atoms with Crippen LogP contribution in [-0.2, 0) is 14.4 Å². The standard InChI is InChI=1S/C22H13N3O6/c26-19(16-10-3-6-12-5-1-2-9-15(12)16)18-17-20(31-23-18)22(28)24(21(17)27)13-7-4-8-14(11-13)25(29)30/h1-11,17,20H/t17-,20+/m1/s1. The van der Waals surface area contributed by atoms with Gasteiger partial charge in [-0.05, 0) is 16.8 Å². The van der Waals surface area contributed by atoms with E-state index in [9.17, 15) is 24.5 Å². The number of nitrogens with zero attached hydrogens (tertiary/aromatic N) is 3. The fraction of sp³-hybridized carbons (Fsp3) is 0.0909. The SMILES string of the molecule is O=C(C1=NO[C@@H]2C(=O)N(c3cccc([N+](=O)[O-])c3)C(=O)[C@H]12)c1cccc2ccccc12. The van der Waals surface area contributed by atoms with Gasteiger partial charge in [0.2, 0.25) is 17.8 Å². The van der Waals surface area contributed by atoms with Gasteiger partial charge in [0, 0.05) is 17.7 Å². The number of ketones is 1. The summed E-state index contributed by atoms with van der Waals surface area (Å²) in [6.45, 7) is 0. The molecular formula is C22H13N3O6. The first kappa shape index (κ1) is 18.6. The number of Topliss-reactive ketones (excluding diaryl/α,β-unsaturated/α-hetero) is 1. The van der Waals surface area contributed by atoms with Crippen LogP contribution in [0.2, 0.25) is 0 Å². The Labute approximate surface area is 174 Å². The predicted octanol–water partition coefficient (Wildman–Crippen LogP) is 2.88. The van der Waals surface area contributed by atoms with Gasteiger partial charge in [0.25, 0.3) is 11.6 Å². The average molecular weight is 415 g/mol.